The van der Waals surface area contributed by atoms with E-state index in [4.69, 9.17) is 5.26 Å². The number of nitrogens with one attached hydrogen (secondary N) is 2. The summed E-state index contributed by atoms with van der Waals surface area (Å²) in [5.41, 5.74) is 2.16. The first-order valence-corrected chi connectivity index (χ1v) is 6.95. The van der Waals surface area contributed by atoms with Crippen LogP contribution in [0, 0.1) is 11.3 Å². The Morgan fingerprint density at radius 1 is 1.35 bits per heavy atom. The topological polar surface area (TPSA) is 64.9 Å². The standard InChI is InChI=1S/C16H21N3O/c1-3-5-10-18-16(20)14(11-17)12-19-15-9-7-6-8-13(15)4-2/h6-9,12,19H,3-5,10H2,1-2H3,(H,18,20)/b14-12-. The third-order valence-corrected chi connectivity index (χ3v) is 2.95. The van der Waals surface area contributed by atoms with Gasteiger partial charge in [0.05, 0.1) is 0 Å². The predicted molar refractivity (Wildman–Crippen MR) is 81.1 cm³/mol. The number of carbonyl (C=O) groups excluding carboxylic acids is 1. The van der Waals surface area contributed by atoms with Crippen molar-refractivity contribution in [2.24, 2.45) is 0 Å². The van der Waals surface area contributed by atoms with Gasteiger partial charge in [-0.05, 0) is 24.5 Å². The van der Waals surface area contributed by atoms with Crippen molar-refractivity contribution < 1.29 is 4.79 Å². The summed E-state index contributed by atoms with van der Waals surface area (Å²) >= 11 is 0. The Labute approximate surface area is 120 Å². The van der Waals surface area contributed by atoms with E-state index in [2.05, 4.69) is 24.5 Å². The molecule has 0 aliphatic rings. The SMILES string of the molecule is CCCCNC(=O)/C(C#N)=C\Nc1ccccc1CC. The molecular weight excluding hydrogens is 250 g/mol. The molecule has 0 aliphatic heterocycles. The highest BCUT2D eigenvalue weighted by Crippen LogP contribution is 2.15. The van der Waals surface area contributed by atoms with Crippen LogP contribution in [0.3, 0.4) is 0 Å². The predicted octanol–water partition coefficient (Wildman–Crippen LogP) is 2.98. The minimum Gasteiger partial charge on any atom is -0.360 e. The lowest BCUT2D eigenvalue weighted by Gasteiger charge is -2.08. The molecule has 0 spiro atoms. The third kappa shape index (κ3) is 4.77. The van der Waals surface area contributed by atoms with E-state index in [0.29, 0.717) is 6.54 Å². The summed E-state index contributed by atoms with van der Waals surface area (Å²) in [5.74, 6) is -0.331. The van der Waals surface area contributed by atoms with Crippen LogP contribution in [-0.4, -0.2) is 12.5 Å². The summed E-state index contributed by atoms with van der Waals surface area (Å²) < 4.78 is 0. The first-order chi connectivity index (χ1) is 9.72. The Balaban J connectivity index is 2.70. The molecule has 1 aromatic carbocycles. The molecule has 1 aromatic rings. The number of nitriles is 1. The van der Waals surface area contributed by atoms with Crippen LogP contribution in [0.25, 0.3) is 0 Å². The normalized spacial score (nSPS) is 10.8. The number of para-hydroxylation sites is 1. The highest BCUT2D eigenvalue weighted by atomic mass is 16.1. The molecule has 20 heavy (non-hydrogen) atoms. The average molecular weight is 271 g/mol. The molecule has 0 unspecified atom stereocenters. The van der Waals surface area contributed by atoms with E-state index in [0.717, 1.165) is 30.5 Å². The summed E-state index contributed by atoms with van der Waals surface area (Å²) in [6.45, 7) is 4.71. The van der Waals surface area contributed by atoms with Gasteiger partial charge in [-0.1, -0.05) is 38.5 Å². The molecule has 1 rings (SSSR count). The smallest absolute Gasteiger partial charge is 0.263 e. The second kappa shape index (κ2) is 8.76. The molecular formula is C16H21N3O. The van der Waals surface area contributed by atoms with Crippen LogP contribution in [0.2, 0.25) is 0 Å². The van der Waals surface area contributed by atoms with Gasteiger partial charge >= 0.3 is 0 Å². The van der Waals surface area contributed by atoms with Crippen molar-refractivity contribution in [2.45, 2.75) is 33.1 Å². The van der Waals surface area contributed by atoms with Crippen molar-refractivity contribution in [3.63, 3.8) is 0 Å². The van der Waals surface area contributed by atoms with Crippen LogP contribution in [-0.2, 0) is 11.2 Å². The van der Waals surface area contributed by atoms with E-state index in [-0.39, 0.29) is 11.5 Å². The first kappa shape index (κ1) is 15.8. The number of benzene rings is 1. The van der Waals surface area contributed by atoms with E-state index in [1.807, 2.05) is 30.3 Å². The third-order valence-electron chi connectivity index (χ3n) is 2.95. The van der Waals surface area contributed by atoms with Crippen LogP contribution < -0.4 is 10.6 Å². The molecule has 0 saturated carbocycles. The second-order valence-corrected chi connectivity index (χ2v) is 4.43. The average Bonchev–Trinajstić information content (AvgIpc) is 2.48. The maximum Gasteiger partial charge on any atom is 0.263 e. The summed E-state index contributed by atoms with van der Waals surface area (Å²) in [4.78, 5) is 11.8. The van der Waals surface area contributed by atoms with Crippen LogP contribution in [0.15, 0.2) is 36.0 Å². The van der Waals surface area contributed by atoms with Gasteiger partial charge in [-0.15, -0.1) is 0 Å². The van der Waals surface area contributed by atoms with Gasteiger partial charge in [0.25, 0.3) is 5.91 Å². The first-order valence-electron chi connectivity index (χ1n) is 6.95. The van der Waals surface area contributed by atoms with Crippen molar-refractivity contribution in [1.82, 2.24) is 5.32 Å². The Bertz CT molecular complexity index is 515. The minimum atomic E-state index is -0.331. The van der Waals surface area contributed by atoms with E-state index in [1.165, 1.54) is 6.20 Å². The Morgan fingerprint density at radius 3 is 2.75 bits per heavy atom. The lowest BCUT2D eigenvalue weighted by Crippen LogP contribution is -2.25. The fourth-order valence-electron chi connectivity index (χ4n) is 1.74. The second-order valence-electron chi connectivity index (χ2n) is 4.43. The Kier molecular flexibility index (Phi) is 6.91. The van der Waals surface area contributed by atoms with Crippen LogP contribution >= 0.6 is 0 Å². The molecule has 2 N–H and O–H groups in total. The van der Waals surface area contributed by atoms with Crippen LogP contribution in [0.1, 0.15) is 32.3 Å². The molecule has 0 aromatic heterocycles. The zero-order chi connectivity index (χ0) is 14.8. The van der Waals surface area contributed by atoms with Gasteiger partial charge in [0.2, 0.25) is 0 Å². The van der Waals surface area contributed by atoms with Crippen LogP contribution in [0.4, 0.5) is 5.69 Å². The highest BCUT2D eigenvalue weighted by molar-refractivity contribution is 5.97. The van der Waals surface area contributed by atoms with Crippen molar-refractivity contribution in [3.05, 3.63) is 41.6 Å². The molecule has 4 heteroatoms. The molecule has 0 radical (unpaired) electrons. The molecule has 106 valence electrons. The van der Waals surface area contributed by atoms with E-state index in [1.54, 1.807) is 0 Å². The number of hydrogen-bond donors (Lipinski definition) is 2. The minimum absolute atomic E-state index is 0.0898. The maximum atomic E-state index is 11.8. The van der Waals surface area contributed by atoms with E-state index < -0.39 is 0 Å². The van der Waals surface area contributed by atoms with Gasteiger partial charge < -0.3 is 10.6 Å². The maximum absolute atomic E-state index is 11.8. The number of hydrogen-bond acceptors (Lipinski definition) is 3. The van der Waals surface area contributed by atoms with Gasteiger partial charge in [-0.2, -0.15) is 5.26 Å². The monoisotopic (exact) mass is 271 g/mol. The van der Waals surface area contributed by atoms with E-state index in [9.17, 15) is 4.79 Å². The number of anilines is 1. The van der Waals surface area contributed by atoms with Crippen molar-refractivity contribution in [3.8, 4) is 6.07 Å². The van der Waals surface area contributed by atoms with Crippen molar-refractivity contribution >= 4 is 11.6 Å². The number of carbonyl (C=O) groups is 1. The number of unbranched alkanes of at least 4 members (excludes halogenated alkanes) is 1. The Hall–Kier alpha value is -2.28. The van der Waals surface area contributed by atoms with Crippen molar-refractivity contribution in [2.75, 3.05) is 11.9 Å². The molecule has 0 heterocycles. The van der Waals surface area contributed by atoms with Crippen molar-refractivity contribution in [1.29, 1.82) is 5.26 Å². The van der Waals surface area contributed by atoms with Gasteiger partial charge in [0.15, 0.2) is 0 Å². The quantitative estimate of drug-likeness (QED) is 0.455. The molecule has 0 saturated heterocycles. The van der Waals surface area contributed by atoms with Gasteiger partial charge in [0.1, 0.15) is 11.6 Å². The molecule has 0 aliphatic carbocycles. The largest absolute Gasteiger partial charge is 0.360 e. The zero-order valence-corrected chi connectivity index (χ0v) is 12.1. The zero-order valence-electron chi connectivity index (χ0n) is 12.1. The highest BCUT2D eigenvalue weighted by Gasteiger charge is 2.07. The molecule has 0 fully saturated rings. The number of nitrogens with zero attached hydrogens (tertiary/aromatic N) is 1. The van der Waals surface area contributed by atoms with Crippen LogP contribution in [0.5, 0.6) is 0 Å². The fourth-order valence-corrected chi connectivity index (χ4v) is 1.74. The van der Waals surface area contributed by atoms with Gasteiger partial charge in [-0.3, -0.25) is 4.79 Å². The molecule has 1 amide bonds. The fraction of sp³-hybridized carbons (Fsp3) is 0.375. The van der Waals surface area contributed by atoms with Gasteiger partial charge in [-0.25, -0.2) is 0 Å². The molecule has 4 nitrogen and oxygen atoms in total. The summed E-state index contributed by atoms with van der Waals surface area (Å²) in [6.07, 6.45) is 4.28. The number of amides is 1. The summed E-state index contributed by atoms with van der Waals surface area (Å²) in [7, 11) is 0. The molecule has 0 atom stereocenters. The summed E-state index contributed by atoms with van der Waals surface area (Å²) in [5, 5.41) is 14.8. The van der Waals surface area contributed by atoms with Gasteiger partial charge in [0, 0.05) is 18.4 Å². The lowest BCUT2D eigenvalue weighted by atomic mass is 10.1. The number of aryl methyl sites for hydroxylation is 1. The number of rotatable bonds is 7. The lowest BCUT2D eigenvalue weighted by molar-refractivity contribution is -0.117. The Morgan fingerprint density at radius 2 is 2.10 bits per heavy atom. The molecule has 0 bridgehead atoms. The van der Waals surface area contributed by atoms with E-state index >= 15 is 0 Å². The summed E-state index contributed by atoms with van der Waals surface area (Å²) in [6, 6.07) is 9.76.